The average Bonchev–Trinajstić information content (AvgIpc) is 2.60. The van der Waals surface area contributed by atoms with E-state index < -0.39 is 0 Å². The molecule has 1 rings (SSSR count). The summed E-state index contributed by atoms with van der Waals surface area (Å²) in [6, 6.07) is 0.604. The number of amides is 1. The predicted molar refractivity (Wildman–Crippen MR) is 66.1 cm³/mol. The van der Waals surface area contributed by atoms with Gasteiger partial charge in [0, 0.05) is 18.6 Å². The highest BCUT2D eigenvalue weighted by Crippen LogP contribution is 2.17. The molecule has 1 aliphatic carbocycles. The highest BCUT2D eigenvalue weighted by molar-refractivity contribution is 5.81. The first kappa shape index (κ1) is 13.5. The van der Waals surface area contributed by atoms with Crippen LogP contribution in [-0.2, 0) is 4.79 Å². The van der Waals surface area contributed by atoms with Gasteiger partial charge in [-0.2, -0.15) is 0 Å². The Bertz CT molecular complexity index is 230. The molecule has 1 saturated carbocycles. The molecule has 4 N–H and O–H groups in total. The average molecular weight is 227 g/mol. The summed E-state index contributed by atoms with van der Waals surface area (Å²) in [5, 5.41) is 6.28. The lowest BCUT2D eigenvalue weighted by molar-refractivity contribution is -0.123. The third kappa shape index (κ3) is 4.49. The lowest BCUT2D eigenvalue weighted by Gasteiger charge is -2.19. The Morgan fingerprint density at radius 1 is 1.38 bits per heavy atom. The zero-order chi connectivity index (χ0) is 12.1. The van der Waals surface area contributed by atoms with Crippen molar-refractivity contribution in [2.75, 3.05) is 6.54 Å². The van der Waals surface area contributed by atoms with Crippen molar-refractivity contribution in [3.8, 4) is 0 Å². The zero-order valence-corrected chi connectivity index (χ0v) is 10.6. The number of hydrogen-bond donors (Lipinski definition) is 3. The molecule has 0 aliphatic heterocycles. The first-order valence-electron chi connectivity index (χ1n) is 6.28. The van der Waals surface area contributed by atoms with Crippen molar-refractivity contribution in [2.24, 2.45) is 11.7 Å². The van der Waals surface area contributed by atoms with Crippen molar-refractivity contribution in [3.05, 3.63) is 0 Å². The lowest BCUT2D eigenvalue weighted by atomic mass is 10.2. The molecule has 0 heterocycles. The molecule has 0 aromatic heterocycles. The molecule has 3 atom stereocenters. The molecule has 0 aromatic rings. The molecule has 0 saturated heterocycles. The summed E-state index contributed by atoms with van der Waals surface area (Å²) < 4.78 is 0. The van der Waals surface area contributed by atoms with Crippen LogP contribution in [0.15, 0.2) is 0 Å². The van der Waals surface area contributed by atoms with E-state index in [1.54, 1.807) is 0 Å². The van der Waals surface area contributed by atoms with E-state index >= 15 is 0 Å². The summed E-state index contributed by atoms with van der Waals surface area (Å²) in [6.07, 6.45) is 3.14. The van der Waals surface area contributed by atoms with Crippen LogP contribution >= 0.6 is 0 Å². The van der Waals surface area contributed by atoms with Crippen LogP contribution in [-0.4, -0.2) is 30.6 Å². The van der Waals surface area contributed by atoms with Crippen LogP contribution in [0.3, 0.4) is 0 Å². The molecule has 0 aromatic carbocycles. The van der Waals surface area contributed by atoms with Crippen LogP contribution in [0.5, 0.6) is 0 Å². The van der Waals surface area contributed by atoms with Gasteiger partial charge in [0.15, 0.2) is 0 Å². The van der Waals surface area contributed by atoms with Crippen LogP contribution in [0.2, 0.25) is 0 Å². The molecule has 3 unspecified atom stereocenters. The Morgan fingerprint density at radius 3 is 2.56 bits per heavy atom. The van der Waals surface area contributed by atoms with Gasteiger partial charge < -0.3 is 16.4 Å². The number of rotatable bonds is 5. The van der Waals surface area contributed by atoms with E-state index in [1.165, 1.54) is 0 Å². The van der Waals surface area contributed by atoms with E-state index in [4.69, 9.17) is 5.73 Å². The van der Waals surface area contributed by atoms with Gasteiger partial charge in [-0.25, -0.2) is 0 Å². The van der Waals surface area contributed by atoms with Gasteiger partial charge in [-0.15, -0.1) is 0 Å². The summed E-state index contributed by atoms with van der Waals surface area (Å²) in [5.74, 6) is 0.588. The number of hydrogen-bond acceptors (Lipinski definition) is 3. The number of carbonyl (C=O) groups is 1. The van der Waals surface area contributed by atoms with Gasteiger partial charge >= 0.3 is 0 Å². The van der Waals surface area contributed by atoms with E-state index in [9.17, 15) is 4.79 Å². The van der Waals surface area contributed by atoms with Crippen LogP contribution < -0.4 is 16.4 Å². The Morgan fingerprint density at radius 2 is 2.06 bits per heavy atom. The first-order valence-corrected chi connectivity index (χ1v) is 6.28. The molecule has 4 nitrogen and oxygen atoms in total. The minimum atomic E-state index is -0.117. The summed E-state index contributed by atoms with van der Waals surface area (Å²) in [7, 11) is 0. The highest BCUT2D eigenvalue weighted by atomic mass is 16.2. The van der Waals surface area contributed by atoms with Crippen molar-refractivity contribution in [1.29, 1.82) is 0 Å². The molecule has 0 radical (unpaired) electrons. The molecular weight excluding hydrogens is 202 g/mol. The van der Waals surface area contributed by atoms with Gasteiger partial charge in [0.05, 0.1) is 6.04 Å². The van der Waals surface area contributed by atoms with Gasteiger partial charge in [-0.3, -0.25) is 4.79 Å². The van der Waals surface area contributed by atoms with Crippen LogP contribution in [0.4, 0.5) is 0 Å². The number of nitrogens with one attached hydrogen (secondary N) is 2. The Hall–Kier alpha value is -0.610. The molecule has 94 valence electrons. The Balaban J connectivity index is 2.23. The van der Waals surface area contributed by atoms with Crippen molar-refractivity contribution in [1.82, 2.24) is 10.6 Å². The first-order chi connectivity index (χ1) is 7.49. The fourth-order valence-corrected chi connectivity index (χ4v) is 2.05. The summed E-state index contributed by atoms with van der Waals surface area (Å²) in [4.78, 5) is 11.7. The van der Waals surface area contributed by atoms with Gasteiger partial charge in [-0.1, -0.05) is 13.8 Å². The SMILES string of the molecule is CC(C)CNC(=O)C(C)NC1CCC(N)C1. The molecule has 1 aliphatic rings. The standard InChI is InChI=1S/C12H25N3O/c1-8(2)7-14-12(16)9(3)15-11-5-4-10(13)6-11/h8-11,15H,4-7,13H2,1-3H3,(H,14,16). The lowest BCUT2D eigenvalue weighted by Crippen LogP contribution is -2.46. The fourth-order valence-electron chi connectivity index (χ4n) is 2.05. The quantitative estimate of drug-likeness (QED) is 0.645. The normalized spacial score (nSPS) is 27.1. The third-order valence-corrected chi connectivity index (χ3v) is 3.04. The van der Waals surface area contributed by atoms with E-state index in [0.29, 0.717) is 18.0 Å². The maximum Gasteiger partial charge on any atom is 0.236 e. The molecular formula is C12H25N3O. The third-order valence-electron chi connectivity index (χ3n) is 3.04. The Labute approximate surface area is 98.3 Å². The summed E-state index contributed by atoms with van der Waals surface area (Å²) in [5.41, 5.74) is 5.83. The second kappa shape index (κ2) is 6.21. The van der Waals surface area contributed by atoms with Crippen molar-refractivity contribution in [2.45, 2.75) is 58.2 Å². The predicted octanol–water partition coefficient (Wildman–Crippen LogP) is 0.617. The monoisotopic (exact) mass is 227 g/mol. The van der Waals surface area contributed by atoms with Gasteiger partial charge in [0.25, 0.3) is 0 Å². The second-order valence-corrected chi connectivity index (χ2v) is 5.30. The Kier molecular flexibility index (Phi) is 5.22. The van der Waals surface area contributed by atoms with E-state index in [1.807, 2.05) is 6.92 Å². The molecule has 16 heavy (non-hydrogen) atoms. The van der Waals surface area contributed by atoms with Gasteiger partial charge in [0.2, 0.25) is 5.91 Å². The number of carbonyl (C=O) groups excluding carboxylic acids is 1. The van der Waals surface area contributed by atoms with E-state index in [2.05, 4.69) is 24.5 Å². The summed E-state index contributed by atoms with van der Waals surface area (Å²) >= 11 is 0. The smallest absolute Gasteiger partial charge is 0.236 e. The fraction of sp³-hybridized carbons (Fsp3) is 0.917. The van der Waals surface area contributed by atoms with Crippen LogP contribution in [0, 0.1) is 5.92 Å². The zero-order valence-electron chi connectivity index (χ0n) is 10.6. The topological polar surface area (TPSA) is 67.2 Å². The second-order valence-electron chi connectivity index (χ2n) is 5.30. The molecule has 0 bridgehead atoms. The minimum absolute atomic E-state index is 0.0918. The highest BCUT2D eigenvalue weighted by Gasteiger charge is 2.24. The summed E-state index contributed by atoms with van der Waals surface area (Å²) in [6.45, 7) is 6.84. The maximum atomic E-state index is 11.7. The van der Waals surface area contributed by atoms with Crippen LogP contribution in [0.25, 0.3) is 0 Å². The van der Waals surface area contributed by atoms with Crippen LogP contribution in [0.1, 0.15) is 40.0 Å². The van der Waals surface area contributed by atoms with Gasteiger partial charge in [0.1, 0.15) is 0 Å². The van der Waals surface area contributed by atoms with Crippen molar-refractivity contribution < 1.29 is 4.79 Å². The largest absolute Gasteiger partial charge is 0.354 e. The van der Waals surface area contributed by atoms with Crippen molar-refractivity contribution in [3.63, 3.8) is 0 Å². The minimum Gasteiger partial charge on any atom is -0.354 e. The van der Waals surface area contributed by atoms with Gasteiger partial charge in [-0.05, 0) is 32.1 Å². The molecule has 1 amide bonds. The maximum absolute atomic E-state index is 11.7. The molecule has 4 heteroatoms. The molecule has 1 fully saturated rings. The number of nitrogens with two attached hydrogens (primary N) is 1. The van der Waals surface area contributed by atoms with Crippen molar-refractivity contribution >= 4 is 5.91 Å². The van der Waals surface area contributed by atoms with E-state index in [0.717, 1.165) is 25.8 Å². The van der Waals surface area contributed by atoms with E-state index in [-0.39, 0.29) is 11.9 Å². The molecule has 0 spiro atoms.